The first-order valence-electron chi connectivity index (χ1n) is 13.1. The maximum absolute atomic E-state index is 12.6. The highest BCUT2D eigenvalue weighted by molar-refractivity contribution is 7.89. The van der Waals surface area contributed by atoms with Crippen LogP contribution in [0.25, 0.3) is 10.8 Å². The van der Waals surface area contributed by atoms with Gasteiger partial charge >= 0.3 is 0 Å². The fourth-order valence-electron chi connectivity index (χ4n) is 4.31. The Labute approximate surface area is 272 Å². The highest BCUT2D eigenvalue weighted by atomic mass is 32.2. The Hall–Kier alpha value is -5.51. The molecule has 248 valence electrons. The Kier molecular flexibility index (Phi) is 8.88. The molecule has 0 saturated carbocycles. The lowest BCUT2D eigenvalue weighted by atomic mass is 10.0. The molecule has 0 aliphatic carbocycles. The number of sulfonamides is 2. The normalized spacial score (nSPS) is 12.6. The second-order valence-corrected chi connectivity index (χ2v) is 14.4. The van der Waals surface area contributed by atoms with Crippen molar-refractivity contribution < 1.29 is 45.1 Å². The molecule has 0 bridgehead atoms. The van der Waals surface area contributed by atoms with Crippen LogP contribution in [0.1, 0.15) is 0 Å². The maximum atomic E-state index is 12.6. The largest absolute Gasteiger partial charge is 0.506 e. The molecule has 17 nitrogen and oxygen atoms in total. The monoisotopic (exact) mass is 713 g/mol. The number of nitrogens with zero attached hydrogens (tertiary/aromatic N) is 4. The summed E-state index contributed by atoms with van der Waals surface area (Å²) < 4.78 is 82.6. The van der Waals surface area contributed by atoms with Crippen molar-refractivity contribution in [2.45, 2.75) is 14.7 Å². The lowest BCUT2D eigenvalue weighted by Gasteiger charge is -2.14. The number of anilines is 2. The van der Waals surface area contributed by atoms with Gasteiger partial charge in [-0.15, -0.1) is 20.5 Å². The molecule has 5 aromatic carbocycles. The molecule has 0 aliphatic heterocycles. The number of benzene rings is 5. The summed E-state index contributed by atoms with van der Waals surface area (Å²) in [5, 5.41) is 60.4. The average molecular weight is 714 g/mol. The van der Waals surface area contributed by atoms with Crippen LogP contribution in [0.5, 0.6) is 17.2 Å². The number of rotatable bonds is 9. The molecule has 0 atom stereocenters. The third-order valence-electron chi connectivity index (χ3n) is 6.60. The van der Waals surface area contributed by atoms with Crippen LogP contribution in [-0.2, 0) is 30.2 Å². The minimum Gasteiger partial charge on any atom is -0.506 e. The number of hydrogen-bond acceptors (Lipinski definition) is 14. The first-order valence-corrected chi connectivity index (χ1v) is 17.6. The SMILES string of the molecule is NS(=O)(=O)c1ccc(O)c(N=Nc2c(S(=O)(=O)O)cc3c(N=Nc4cc(S(N)(=O)=O)ccc4O)c(Nc4ccccc4)ccc3c2O)c1. The number of phenolic OH excluding ortho intramolecular Hbond substituents is 3. The van der Waals surface area contributed by atoms with Crippen molar-refractivity contribution in [1.29, 1.82) is 0 Å². The van der Waals surface area contributed by atoms with Crippen LogP contribution in [0.4, 0.5) is 34.1 Å². The van der Waals surface area contributed by atoms with Crippen molar-refractivity contribution in [3.8, 4) is 17.2 Å². The van der Waals surface area contributed by atoms with Crippen LogP contribution < -0.4 is 15.6 Å². The molecule has 20 heteroatoms. The first kappa shape index (κ1) is 33.8. The molecular formula is C28H23N7O10S3. The van der Waals surface area contributed by atoms with Gasteiger partial charge in [-0.3, -0.25) is 4.55 Å². The van der Waals surface area contributed by atoms with Crippen LogP contribution in [0.3, 0.4) is 0 Å². The summed E-state index contributed by atoms with van der Waals surface area (Å²) in [5.41, 5.74) is -1.04. The van der Waals surface area contributed by atoms with Crippen molar-refractivity contribution in [2.75, 3.05) is 5.32 Å². The van der Waals surface area contributed by atoms with E-state index in [2.05, 4.69) is 25.8 Å². The van der Waals surface area contributed by atoms with E-state index in [1.54, 1.807) is 30.3 Å². The van der Waals surface area contributed by atoms with Gasteiger partial charge in [0.05, 0.1) is 15.5 Å². The quantitative estimate of drug-likeness (QED) is 0.0781. The number of azo groups is 2. The fraction of sp³-hybridized carbons (Fsp3) is 0. The number of nitrogens with two attached hydrogens (primary N) is 2. The van der Waals surface area contributed by atoms with Gasteiger partial charge in [0.25, 0.3) is 10.1 Å². The number of para-hydroxylation sites is 1. The Balaban J connectivity index is 1.76. The molecule has 0 fully saturated rings. The molecule has 0 aliphatic rings. The molecule has 0 heterocycles. The lowest BCUT2D eigenvalue weighted by Crippen LogP contribution is -2.11. The van der Waals surface area contributed by atoms with Gasteiger partial charge in [0.15, 0.2) is 5.75 Å². The summed E-state index contributed by atoms with van der Waals surface area (Å²) in [6, 6.07) is 18.1. The van der Waals surface area contributed by atoms with Crippen molar-refractivity contribution in [3.05, 3.63) is 84.9 Å². The van der Waals surface area contributed by atoms with E-state index < -0.39 is 73.5 Å². The van der Waals surface area contributed by atoms with Crippen molar-refractivity contribution in [1.82, 2.24) is 0 Å². The van der Waals surface area contributed by atoms with E-state index in [-0.39, 0.29) is 27.8 Å². The predicted octanol–water partition coefficient (Wildman–Crippen LogP) is 5.07. The van der Waals surface area contributed by atoms with Crippen molar-refractivity contribution in [2.24, 2.45) is 30.7 Å². The van der Waals surface area contributed by atoms with Crippen molar-refractivity contribution >= 4 is 75.1 Å². The van der Waals surface area contributed by atoms with Gasteiger partial charge in [-0.2, -0.15) is 8.42 Å². The second-order valence-electron chi connectivity index (χ2n) is 9.89. The Morgan fingerprint density at radius 1 is 0.583 bits per heavy atom. The standard InChI is InChI=1S/C28H23N7O10S3/c29-46(39,40)16-6-10-23(36)21(12-16)32-34-26-19-14-25(48(43,44)45)27(35-33-22-13-17(47(30,41)42)7-11-24(22)37)28(38)18(19)8-9-20(26)31-15-4-2-1-3-5-15/h1-14,31,36-38H,(H2,29,39,40)(H2,30,41,42)(H,43,44,45). The third kappa shape index (κ3) is 7.22. The number of aromatic hydroxyl groups is 3. The van der Waals surface area contributed by atoms with E-state index >= 15 is 0 Å². The highest BCUT2D eigenvalue weighted by Gasteiger charge is 2.25. The smallest absolute Gasteiger partial charge is 0.296 e. The molecule has 0 saturated heterocycles. The number of hydrogen-bond donors (Lipinski definition) is 7. The molecule has 0 aromatic heterocycles. The second kappa shape index (κ2) is 12.6. The van der Waals surface area contributed by atoms with Crippen LogP contribution in [0.15, 0.2) is 120 Å². The van der Waals surface area contributed by atoms with Crippen LogP contribution in [-0.4, -0.2) is 45.1 Å². The van der Waals surface area contributed by atoms with E-state index in [0.717, 1.165) is 42.5 Å². The van der Waals surface area contributed by atoms with Gasteiger partial charge in [0.2, 0.25) is 20.0 Å². The lowest BCUT2D eigenvalue weighted by molar-refractivity contribution is 0.471. The Bertz CT molecular complexity index is 2490. The van der Waals surface area contributed by atoms with E-state index in [1.165, 1.54) is 12.1 Å². The molecule has 5 aromatic rings. The number of phenols is 3. The number of primary sulfonamides is 2. The topological polar surface area (TPSA) is 297 Å². The molecule has 48 heavy (non-hydrogen) atoms. The Morgan fingerprint density at radius 3 is 1.60 bits per heavy atom. The molecule has 0 spiro atoms. The van der Waals surface area contributed by atoms with E-state index in [9.17, 15) is 45.1 Å². The number of nitrogens with one attached hydrogen (secondary N) is 1. The fourth-order valence-corrected chi connectivity index (χ4v) is 6.03. The Morgan fingerprint density at radius 2 is 1.10 bits per heavy atom. The van der Waals surface area contributed by atoms with Crippen LogP contribution in [0.2, 0.25) is 0 Å². The van der Waals surface area contributed by atoms with Gasteiger partial charge in [0.1, 0.15) is 39.1 Å². The van der Waals surface area contributed by atoms with Gasteiger partial charge in [0, 0.05) is 16.5 Å². The molecule has 9 N–H and O–H groups in total. The summed E-state index contributed by atoms with van der Waals surface area (Å²) in [6.45, 7) is 0. The first-order chi connectivity index (χ1) is 22.4. The zero-order valence-corrected chi connectivity index (χ0v) is 26.4. The minimum absolute atomic E-state index is 0.103. The zero-order chi connectivity index (χ0) is 35.0. The molecule has 0 amide bonds. The van der Waals surface area contributed by atoms with Gasteiger partial charge in [-0.05, 0) is 66.7 Å². The van der Waals surface area contributed by atoms with Gasteiger partial charge < -0.3 is 20.6 Å². The molecule has 0 radical (unpaired) electrons. The maximum Gasteiger partial charge on any atom is 0.296 e. The summed E-state index contributed by atoms with van der Waals surface area (Å²) in [4.78, 5) is -1.83. The number of fused-ring (bicyclic) bond motifs is 1. The predicted molar refractivity (Wildman–Crippen MR) is 172 cm³/mol. The van der Waals surface area contributed by atoms with Crippen molar-refractivity contribution in [3.63, 3.8) is 0 Å². The highest BCUT2D eigenvalue weighted by Crippen LogP contribution is 2.47. The van der Waals surface area contributed by atoms with Crippen LogP contribution >= 0.6 is 0 Å². The molecule has 5 rings (SSSR count). The van der Waals surface area contributed by atoms with E-state index in [1.807, 2.05) is 0 Å². The average Bonchev–Trinajstić information content (AvgIpc) is 3.00. The van der Waals surface area contributed by atoms with Gasteiger partial charge in [-0.25, -0.2) is 27.1 Å². The van der Waals surface area contributed by atoms with Gasteiger partial charge in [-0.1, -0.05) is 18.2 Å². The molecular weight excluding hydrogens is 691 g/mol. The minimum atomic E-state index is -5.18. The molecule has 0 unspecified atom stereocenters. The summed E-state index contributed by atoms with van der Waals surface area (Å²) >= 11 is 0. The van der Waals surface area contributed by atoms with E-state index in [4.69, 9.17) is 10.3 Å². The zero-order valence-electron chi connectivity index (χ0n) is 24.0. The summed E-state index contributed by atoms with van der Waals surface area (Å²) in [6.07, 6.45) is 0. The third-order valence-corrected chi connectivity index (χ3v) is 9.29. The summed E-state index contributed by atoms with van der Waals surface area (Å²) in [7, 11) is -13.6. The van der Waals surface area contributed by atoms with Crippen LogP contribution in [0, 0.1) is 0 Å². The van der Waals surface area contributed by atoms with E-state index in [0.29, 0.717) is 5.69 Å². The summed E-state index contributed by atoms with van der Waals surface area (Å²) in [5.74, 6) is -1.90.